The van der Waals surface area contributed by atoms with Gasteiger partial charge in [0.2, 0.25) is 10.0 Å². The van der Waals surface area contributed by atoms with E-state index >= 15 is 0 Å². The Labute approximate surface area is 147 Å². The molecule has 138 valence electrons. The van der Waals surface area contributed by atoms with Gasteiger partial charge in [-0.25, -0.2) is 17.5 Å². The van der Waals surface area contributed by atoms with Crippen LogP contribution in [0.1, 0.15) is 48.9 Å². The van der Waals surface area contributed by atoms with Crippen molar-refractivity contribution in [3.63, 3.8) is 0 Å². The summed E-state index contributed by atoms with van der Waals surface area (Å²) in [6.45, 7) is 1.23. The Bertz CT molecular complexity index is 740. The number of sulfonamides is 1. The predicted octanol–water partition coefficient (Wildman–Crippen LogP) is 1.61. The van der Waals surface area contributed by atoms with E-state index < -0.39 is 15.8 Å². The molecule has 0 bridgehead atoms. The number of nitrogens with two attached hydrogens (primary N) is 1. The van der Waals surface area contributed by atoms with Crippen molar-refractivity contribution in [2.75, 3.05) is 13.1 Å². The highest BCUT2D eigenvalue weighted by Gasteiger charge is 2.27. The zero-order chi connectivity index (χ0) is 18.0. The minimum absolute atomic E-state index is 0.0792. The van der Waals surface area contributed by atoms with Crippen molar-refractivity contribution >= 4 is 15.9 Å². The third-order valence-electron chi connectivity index (χ3n) is 4.97. The number of likely N-dealkylation sites (tertiary alicyclic amines) is 1. The van der Waals surface area contributed by atoms with Crippen LogP contribution < -0.4 is 10.5 Å². The molecule has 3 rings (SSSR count). The van der Waals surface area contributed by atoms with Crippen molar-refractivity contribution in [1.29, 1.82) is 0 Å². The fraction of sp³-hybridized carbons (Fsp3) is 0.588. The van der Waals surface area contributed by atoms with Crippen LogP contribution in [0.15, 0.2) is 23.1 Å². The molecule has 1 amide bonds. The van der Waals surface area contributed by atoms with E-state index in [2.05, 4.69) is 4.72 Å². The summed E-state index contributed by atoms with van der Waals surface area (Å²) in [5.74, 6) is -1.18. The first-order valence-corrected chi connectivity index (χ1v) is 10.2. The van der Waals surface area contributed by atoms with E-state index in [9.17, 15) is 17.6 Å². The molecule has 1 aliphatic carbocycles. The van der Waals surface area contributed by atoms with Crippen molar-refractivity contribution in [3.8, 4) is 0 Å². The molecule has 1 aliphatic heterocycles. The molecule has 1 saturated heterocycles. The maximum atomic E-state index is 14.4. The molecular weight excluding hydrogens is 345 g/mol. The fourth-order valence-electron chi connectivity index (χ4n) is 3.45. The number of hydrogen-bond acceptors (Lipinski definition) is 4. The van der Waals surface area contributed by atoms with E-state index in [1.807, 2.05) is 0 Å². The lowest BCUT2D eigenvalue weighted by Gasteiger charge is -2.26. The van der Waals surface area contributed by atoms with Crippen molar-refractivity contribution < 1.29 is 17.6 Å². The van der Waals surface area contributed by atoms with Gasteiger partial charge >= 0.3 is 0 Å². The van der Waals surface area contributed by atoms with Gasteiger partial charge in [0.15, 0.2) is 0 Å². The highest BCUT2D eigenvalue weighted by atomic mass is 32.2. The molecule has 1 heterocycles. The molecular formula is C17H24FN3O3S. The second-order valence-corrected chi connectivity index (χ2v) is 8.59. The lowest BCUT2D eigenvalue weighted by atomic mass is 9.93. The van der Waals surface area contributed by atoms with Gasteiger partial charge in [-0.15, -0.1) is 0 Å². The molecule has 8 heteroatoms. The Hall–Kier alpha value is -1.51. The second-order valence-electron chi connectivity index (χ2n) is 6.87. The molecule has 6 nitrogen and oxygen atoms in total. The van der Waals surface area contributed by atoms with Gasteiger partial charge in [-0.1, -0.05) is 0 Å². The number of amides is 1. The SMILES string of the molecule is NC1CCC(NS(=O)(=O)c2ccc(C(=O)N3CCCC3)c(F)c2)CC1. The smallest absolute Gasteiger partial charge is 0.256 e. The quantitative estimate of drug-likeness (QED) is 0.843. The summed E-state index contributed by atoms with van der Waals surface area (Å²) in [6.07, 6.45) is 4.71. The van der Waals surface area contributed by atoms with Gasteiger partial charge in [0.05, 0.1) is 10.5 Å². The largest absolute Gasteiger partial charge is 0.339 e. The number of rotatable bonds is 4. The molecule has 1 aromatic carbocycles. The van der Waals surface area contributed by atoms with Crippen molar-refractivity contribution in [1.82, 2.24) is 9.62 Å². The third-order valence-corrected chi connectivity index (χ3v) is 6.49. The minimum Gasteiger partial charge on any atom is -0.339 e. The van der Waals surface area contributed by atoms with Crippen LogP contribution in [0.4, 0.5) is 4.39 Å². The van der Waals surface area contributed by atoms with Gasteiger partial charge in [0.1, 0.15) is 5.82 Å². The monoisotopic (exact) mass is 369 g/mol. The first-order valence-electron chi connectivity index (χ1n) is 8.73. The van der Waals surface area contributed by atoms with Crippen molar-refractivity contribution in [2.24, 2.45) is 5.73 Å². The standard InChI is InChI=1S/C17H24FN3O3S/c18-16-11-14(7-8-15(16)17(22)21-9-1-2-10-21)25(23,24)20-13-5-3-12(19)4-6-13/h7-8,11-13,20H,1-6,9-10,19H2. The number of hydrogen-bond donors (Lipinski definition) is 2. The zero-order valence-corrected chi connectivity index (χ0v) is 14.9. The molecule has 3 N–H and O–H groups in total. The topological polar surface area (TPSA) is 92.5 Å². The molecule has 25 heavy (non-hydrogen) atoms. The van der Waals surface area contributed by atoms with Crippen molar-refractivity contribution in [2.45, 2.75) is 55.5 Å². The lowest BCUT2D eigenvalue weighted by Crippen LogP contribution is -2.40. The molecule has 2 aliphatic rings. The normalized spacial score (nSPS) is 24.5. The van der Waals surface area contributed by atoms with Crippen LogP contribution in [0.2, 0.25) is 0 Å². The van der Waals surface area contributed by atoms with Crippen LogP contribution in [-0.2, 0) is 10.0 Å². The maximum absolute atomic E-state index is 14.4. The van der Waals surface area contributed by atoms with Gasteiger partial charge in [0, 0.05) is 25.2 Å². The van der Waals surface area contributed by atoms with Crippen LogP contribution in [0.5, 0.6) is 0 Å². The zero-order valence-electron chi connectivity index (χ0n) is 14.1. The Balaban J connectivity index is 1.73. The van der Waals surface area contributed by atoms with Crippen LogP contribution in [0.25, 0.3) is 0 Å². The fourth-order valence-corrected chi connectivity index (χ4v) is 4.77. The van der Waals surface area contributed by atoms with Crippen LogP contribution in [0, 0.1) is 5.82 Å². The minimum atomic E-state index is -3.82. The summed E-state index contributed by atoms with van der Waals surface area (Å²) in [6, 6.07) is 3.43. The summed E-state index contributed by atoms with van der Waals surface area (Å²) >= 11 is 0. The second kappa shape index (κ2) is 7.39. The summed E-state index contributed by atoms with van der Waals surface area (Å²) in [7, 11) is -3.82. The van der Waals surface area contributed by atoms with Crippen LogP contribution in [-0.4, -0.2) is 44.4 Å². The van der Waals surface area contributed by atoms with E-state index in [0.717, 1.165) is 31.7 Å². The number of carbonyl (C=O) groups excluding carboxylic acids is 1. The molecule has 1 saturated carbocycles. The number of halogens is 1. The number of nitrogens with one attached hydrogen (secondary N) is 1. The van der Waals surface area contributed by atoms with E-state index in [1.54, 1.807) is 4.90 Å². The van der Waals surface area contributed by atoms with E-state index in [-0.39, 0.29) is 28.4 Å². The van der Waals surface area contributed by atoms with Gasteiger partial charge in [-0.05, 0) is 56.7 Å². The number of benzene rings is 1. The number of carbonyl (C=O) groups is 1. The summed E-state index contributed by atoms with van der Waals surface area (Å²) in [4.78, 5) is 13.7. The predicted molar refractivity (Wildman–Crippen MR) is 92.1 cm³/mol. The summed E-state index contributed by atoms with van der Waals surface area (Å²) in [5, 5.41) is 0. The molecule has 0 aromatic heterocycles. The Morgan fingerprint density at radius 2 is 1.80 bits per heavy atom. The average molecular weight is 369 g/mol. The molecule has 0 unspecified atom stereocenters. The van der Waals surface area contributed by atoms with Gasteiger partial charge in [0.25, 0.3) is 5.91 Å². The number of nitrogens with zero attached hydrogens (tertiary/aromatic N) is 1. The first-order chi connectivity index (χ1) is 11.9. The molecule has 2 fully saturated rings. The summed E-state index contributed by atoms with van der Waals surface area (Å²) in [5.41, 5.74) is 5.75. The highest BCUT2D eigenvalue weighted by Crippen LogP contribution is 2.22. The average Bonchev–Trinajstić information content (AvgIpc) is 3.10. The Morgan fingerprint density at radius 3 is 2.40 bits per heavy atom. The molecule has 0 radical (unpaired) electrons. The summed E-state index contributed by atoms with van der Waals surface area (Å²) < 4.78 is 41.9. The van der Waals surface area contributed by atoms with E-state index in [0.29, 0.717) is 25.9 Å². The first kappa shape index (κ1) is 18.3. The third kappa shape index (κ3) is 4.19. The molecule has 0 atom stereocenters. The molecule has 0 spiro atoms. The van der Waals surface area contributed by atoms with Gasteiger partial charge < -0.3 is 10.6 Å². The maximum Gasteiger partial charge on any atom is 0.256 e. The molecule has 1 aromatic rings. The highest BCUT2D eigenvalue weighted by molar-refractivity contribution is 7.89. The Morgan fingerprint density at radius 1 is 1.16 bits per heavy atom. The van der Waals surface area contributed by atoms with E-state index in [1.165, 1.54) is 12.1 Å². The van der Waals surface area contributed by atoms with Crippen LogP contribution >= 0.6 is 0 Å². The van der Waals surface area contributed by atoms with Crippen LogP contribution in [0.3, 0.4) is 0 Å². The van der Waals surface area contributed by atoms with Crippen molar-refractivity contribution in [3.05, 3.63) is 29.6 Å². The lowest BCUT2D eigenvalue weighted by molar-refractivity contribution is 0.0788. The van der Waals surface area contributed by atoms with Gasteiger partial charge in [-0.2, -0.15) is 0 Å². The Kier molecular flexibility index (Phi) is 5.41. The van der Waals surface area contributed by atoms with E-state index in [4.69, 9.17) is 5.73 Å². The van der Waals surface area contributed by atoms with Gasteiger partial charge in [-0.3, -0.25) is 4.79 Å².